The molecule has 6 nitrogen and oxygen atoms in total. The van der Waals surface area contributed by atoms with Crippen LogP contribution in [0.4, 0.5) is 15.3 Å². The highest BCUT2D eigenvalue weighted by Crippen LogP contribution is 2.32. The summed E-state index contributed by atoms with van der Waals surface area (Å²) in [7, 11) is 0. The van der Waals surface area contributed by atoms with E-state index in [9.17, 15) is 9.59 Å². The molecule has 26 heavy (non-hydrogen) atoms. The van der Waals surface area contributed by atoms with E-state index in [2.05, 4.69) is 15.9 Å². The van der Waals surface area contributed by atoms with E-state index in [1.54, 1.807) is 9.80 Å². The van der Waals surface area contributed by atoms with Gasteiger partial charge in [0.15, 0.2) is 0 Å². The molecule has 0 aliphatic carbocycles. The first-order valence-corrected chi connectivity index (χ1v) is 9.42. The van der Waals surface area contributed by atoms with Gasteiger partial charge in [-0.05, 0) is 53.7 Å². The fraction of sp³-hybridized carbons (Fsp3) is 0.579. The molecule has 144 valence electrons. The summed E-state index contributed by atoms with van der Waals surface area (Å²) in [5, 5.41) is 0. The molecule has 1 aliphatic heterocycles. The van der Waals surface area contributed by atoms with Gasteiger partial charge in [0, 0.05) is 23.1 Å². The van der Waals surface area contributed by atoms with Crippen molar-refractivity contribution in [1.82, 2.24) is 4.90 Å². The zero-order valence-electron chi connectivity index (χ0n) is 16.3. The van der Waals surface area contributed by atoms with Crippen LogP contribution in [0, 0.1) is 0 Å². The third-order valence-corrected chi connectivity index (χ3v) is 4.34. The molecule has 0 spiro atoms. The Bertz CT molecular complexity index is 692. The van der Waals surface area contributed by atoms with Crippen molar-refractivity contribution in [2.24, 2.45) is 0 Å². The monoisotopic (exact) mass is 426 g/mol. The molecule has 1 heterocycles. The van der Waals surface area contributed by atoms with Crippen molar-refractivity contribution >= 4 is 33.8 Å². The number of benzene rings is 1. The summed E-state index contributed by atoms with van der Waals surface area (Å²) in [5.41, 5.74) is 0.409. The predicted octanol–water partition coefficient (Wildman–Crippen LogP) is 4.94. The van der Waals surface area contributed by atoms with Crippen molar-refractivity contribution in [3.63, 3.8) is 0 Å². The molecule has 0 unspecified atom stereocenters. The number of halogens is 1. The minimum atomic E-state index is -0.597. The third kappa shape index (κ3) is 5.37. The summed E-state index contributed by atoms with van der Waals surface area (Å²) in [6.07, 6.45) is -0.826. The first-order chi connectivity index (χ1) is 11.9. The minimum absolute atomic E-state index is 0.331. The summed E-state index contributed by atoms with van der Waals surface area (Å²) in [5.74, 6) is 0. The summed E-state index contributed by atoms with van der Waals surface area (Å²) in [6, 6.07) is 5.62. The maximum atomic E-state index is 12.7. The second kappa shape index (κ2) is 7.47. The number of anilines is 1. The second-order valence-electron chi connectivity index (χ2n) is 8.27. The van der Waals surface area contributed by atoms with E-state index in [1.807, 2.05) is 59.7 Å². The van der Waals surface area contributed by atoms with Crippen LogP contribution in [0.15, 0.2) is 22.7 Å². The summed E-state index contributed by atoms with van der Waals surface area (Å²) >= 11 is 3.54. The number of carbonyl (C=O) groups is 2. The van der Waals surface area contributed by atoms with Gasteiger partial charge >= 0.3 is 12.2 Å². The van der Waals surface area contributed by atoms with Crippen molar-refractivity contribution in [1.29, 1.82) is 0 Å². The summed E-state index contributed by atoms with van der Waals surface area (Å²) < 4.78 is 11.9. The van der Waals surface area contributed by atoms with Gasteiger partial charge in [0.05, 0.1) is 12.2 Å². The van der Waals surface area contributed by atoms with Crippen molar-refractivity contribution in [3.05, 3.63) is 28.2 Å². The lowest BCUT2D eigenvalue weighted by molar-refractivity contribution is 0.0238. The predicted molar refractivity (Wildman–Crippen MR) is 104 cm³/mol. The lowest BCUT2D eigenvalue weighted by Crippen LogP contribution is -2.42. The van der Waals surface area contributed by atoms with E-state index < -0.39 is 23.4 Å². The minimum Gasteiger partial charge on any atom is -0.444 e. The van der Waals surface area contributed by atoms with Gasteiger partial charge in [-0.25, -0.2) is 9.59 Å². The molecule has 0 fully saturated rings. The molecule has 0 radical (unpaired) electrons. The van der Waals surface area contributed by atoms with Crippen LogP contribution in [0.3, 0.4) is 0 Å². The van der Waals surface area contributed by atoms with Gasteiger partial charge in [-0.1, -0.05) is 22.0 Å². The summed E-state index contributed by atoms with van der Waals surface area (Å²) in [4.78, 5) is 28.4. The van der Waals surface area contributed by atoms with Gasteiger partial charge in [0.1, 0.15) is 11.2 Å². The maximum Gasteiger partial charge on any atom is 0.414 e. The molecule has 0 atom stereocenters. The third-order valence-electron chi connectivity index (χ3n) is 3.59. The molecule has 0 N–H and O–H groups in total. The highest BCUT2D eigenvalue weighted by atomic mass is 79.9. The van der Waals surface area contributed by atoms with E-state index in [-0.39, 0.29) is 0 Å². The van der Waals surface area contributed by atoms with E-state index >= 15 is 0 Å². The van der Waals surface area contributed by atoms with Gasteiger partial charge in [0.2, 0.25) is 0 Å². The Morgan fingerprint density at radius 3 is 2.12 bits per heavy atom. The molecular weight excluding hydrogens is 400 g/mol. The fourth-order valence-corrected chi connectivity index (χ4v) is 3.04. The van der Waals surface area contributed by atoms with Gasteiger partial charge in [-0.3, -0.25) is 4.90 Å². The lowest BCUT2D eigenvalue weighted by atomic mass is 10.1. The fourth-order valence-electron chi connectivity index (χ4n) is 2.56. The van der Waals surface area contributed by atoms with Crippen LogP contribution in [0.1, 0.15) is 47.1 Å². The van der Waals surface area contributed by atoms with Crippen molar-refractivity contribution in [2.45, 2.75) is 59.3 Å². The first kappa shape index (κ1) is 20.6. The molecule has 0 saturated carbocycles. The van der Waals surface area contributed by atoms with E-state index in [0.717, 1.165) is 15.7 Å². The smallest absolute Gasteiger partial charge is 0.414 e. The van der Waals surface area contributed by atoms with E-state index in [4.69, 9.17) is 9.47 Å². The van der Waals surface area contributed by atoms with Crippen LogP contribution in [-0.4, -0.2) is 41.4 Å². The molecule has 0 saturated heterocycles. The Balaban J connectivity index is 2.33. The molecule has 2 amide bonds. The Morgan fingerprint density at radius 1 is 0.962 bits per heavy atom. The quantitative estimate of drug-likeness (QED) is 0.589. The Morgan fingerprint density at radius 2 is 1.54 bits per heavy atom. The molecule has 7 heteroatoms. The molecule has 1 aromatic rings. The van der Waals surface area contributed by atoms with Gasteiger partial charge in [-0.2, -0.15) is 0 Å². The van der Waals surface area contributed by atoms with Gasteiger partial charge in [-0.15, -0.1) is 0 Å². The zero-order chi connectivity index (χ0) is 19.7. The largest absolute Gasteiger partial charge is 0.444 e. The second-order valence-corrected chi connectivity index (χ2v) is 9.13. The molecular formula is C19H27BrN2O4. The molecule has 2 rings (SSSR count). The van der Waals surface area contributed by atoms with Crippen molar-refractivity contribution in [3.8, 4) is 0 Å². The number of rotatable bonds is 0. The van der Waals surface area contributed by atoms with Crippen LogP contribution in [0.5, 0.6) is 0 Å². The van der Waals surface area contributed by atoms with Gasteiger partial charge in [0.25, 0.3) is 0 Å². The SMILES string of the molecule is CC(C)(C)OC(=O)N1CCN(C(=O)OC(C)(C)C)c2cccc(Br)c2C1. The van der Waals surface area contributed by atoms with Crippen LogP contribution in [0.25, 0.3) is 0 Å². The topological polar surface area (TPSA) is 59.1 Å². The van der Waals surface area contributed by atoms with Crippen LogP contribution in [-0.2, 0) is 16.0 Å². The van der Waals surface area contributed by atoms with Crippen LogP contribution < -0.4 is 4.90 Å². The van der Waals surface area contributed by atoms with Crippen molar-refractivity contribution in [2.75, 3.05) is 18.0 Å². The normalized spacial score (nSPS) is 15.2. The molecule has 0 aromatic heterocycles. The van der Waals surface area contributed by atoms with Crippen molar-refractivity contribution < 1.29 is 19.1 Å². The molecule has 1 aliphatic rings. The Labute approximate surface area is 163 Å². The molecule has 0 bridgehead atoms. The van der Waals surface area contributed by atoms with Gasteiger partial charge < -0.3 is 14.4 Å². The maximum absolute atomic E-state index is 12.7. The average molecular weight is 427 g/mol. The van der Waals surface area contributed by atoms with E-state index in [1.165, 1.54) is 0 Å². The lowest BCUT2D eigenvalue weighted by Gasteiger charge is -2.28. The number of hydrogen-bond acceptors (Lipinski definition) is 4. The number of carbonyl (C=O) groups excluding carboxylic acids is 2. The number of amides is 2. The summed E-state index contributed by atoms with van der Waals surface area (Å²) in [6.45, 7) is 12.0. The zero-order valence-corrected chi connectivity index (χ0v) is 17.8. The standard InChI is InChI=1S/C19H27BrN2O4/c1-18(2,3)25-16(23)21-10-11-22(17(24)26-19(4,5)6)15-9-7-8-14(20)13(15)12-21/h7-9H,10-12H2,1-6H3. The number of fused-ring (bicyclic) bond motifs is 1. The first-order valence-electron chi connectivity index (χ1n) is 8.63. The number of hydrogen-bond donors (Lipinski definition) is 0. The highest BCUT2D eigenvalue weighted by molar-refractivity contribution is 9.10. The average Bonchev–Trinajstić information content (AvgIpc) is 2.64. The van der Waals surface area contributed by atoms with E-state index in [0.29, 0.717) is 19.6 Å². The van der Waals surface area contributed by atoms with Crippen LogP contribution in [0.2, 0.25) is 0 Å². The number of nitrogens with zero attached hydrogens (tertiary/aromatic N) is 2. The highest BCUT2D eigenvalue weighted by Gasteiger charge is 2.32. The Hall–Kier alpha value is -1.76. The number of ether oxygens (including phenoxy) is 2. The molecule has 1 aromatic carbocycles. The van der Waals surface area contributed by atoms with Crippen LogP contribution >= 0.6 is 15.9 Å². The Kier molecular flexibility index (Phi) is 5.90.